The van der Waals surface area contributed by atoms with Crippen molar-refractivity contribution in [3.63, 3.8) is 0 Å². The monoisotopic (exact) mass is 425 g/mol. The molecule has 0 spiro atoms. The number of thioether (sulfide) groups is 1. The predicted molar refractivity (Wildman–Crippen MR) is 95.4 cm³/mol. The molecule has 2 aliphatic heterocycles. The van der Waals surface area contributed by atoms with Gasteiger partial charge in [0.05, 0.1) is 12.5 Å². The van der Waals surface area contributed by atoms with Crippen LogP contribution < -0.4 is 5.32 Å². The Hall–Kier alpha value is -3.35. The highest BCUT2D eigenvalue weighted by atomic mass is 32.2. The third-order valence-electron chi connectivity index (χ3n) is 4.18. The summed E-state index contributed by atoms with van der Waals surface area (Å²) in [6.07, 6.45) is -0.311. The average molecular weight is 425 g/mol. The average Bonchev–Trinajstić information content (AvgIpc) is 3.12. The first-order valence-corrected chi connectivity index (χ1v) is 9.29. The number of carboxylic acids is 1. The lowest BCUT2D eigenvalue weighted by atomic mass is 10.0. The maximum atomic E-state index is 12.5. The second-order valence-corrected chi connectivity index (χ2v) is 7.27. The van der Waals surface area contributed by atoms with E-state index in [-0.39, 0.29) is 35.8 Å². The van der Waals surface area contributed by atoms with Crippen molar-refractivity contribution in [2.45, 2.75) is 24.8 Å². The number of nitrogens with one attached hydrogen (secondary N) is 1. The lowest BCUT2D eigenvalue weighted by Crippen LogP contribution is -2.70. The standard InChI is InChI=1S/C16H15N3O9S/c1-7(20)27-5-8-6-29-15-12(14(22)18(15)13(8)16(23)24)17-10(21)4-9-2-3-11(28-9)19(25)26/h2-3,12,15H,4-6H2,1H3,(H,17,21)(H,23,24)/t12-,15-/m1/s1. The summed E-state index contributed by atoms with van der Waals surface area (Å²) < 4.78 is 9.75. The van der Waals surface area contributed by atoms with Crippen LogP contribution in [0.2, 0.25) is 0 Å². The lowest BCUT2D eigenvalue weighted by molar-refractivity contribution is -0.402. The fourth-order valence-corrected chi connectivity index (χ4v) is 4.25. The molecule has 1 fully saturated rings. The molecule has 1 aromatic rings. The van der Waals surface area contributed by atoms with Crippen LogP contribution in [-0.4, -0.2) is 62.5 Å². The van der Waals surface area contributed by atoms with Crippen LogP contribution >= 0.6 is 11.8 Å². The summed E-state index contributed by atoms with van der Waals surface area (Å²) in [5.41, 5.74) is 0.0297. The first-order valence-electron chi connectivity index (χ1n) is 8.25. The molecule has 2 N–H and O–H groups in total. The number of rotatable bonds is 7. The first-order chi connectivity index (χ1) is 13.7. The minimum Gasteiger partial charge on any atom is -0.477 e. The van der Waals surface area contributed by atoms with Gasteiger partial charge in [-0.3, -0.25) is 29.4 Å². The van der Waals surface area contributed by atoms with Gasteiger partial charge in [-0.05, 0) is 6.07 Å². The summed E-state index contributed by atoms with van der Waals surface area (Å²) in [7, 11) is 0. The Bertz CT molecular complexity index is 938. The van der Waals surface area contributed by atoms with Crippen molar-refractivity contribution in [2.75, 3.05) is 12.4 Å². The molecule has 2 amide bonds. The van der Waals surface area contributed by atoms with Gasteiger partial charge < -0.3 is 19.6 Å². The molecule has 3 rings (SSSR count). The van der Waals surface area contributed by atoms with Crippen LogP contribution in [0.15, 0.2) is 27.8 Å². The summed E-state index contributed by atoms with van der Waals surface area (Å²) in [4.78, 5) is 58.1. The SMILES string of the molecule is CC(=O)OCC1=C(C(=O)O)N2C(=O)[C@@H](NC(=O)Cc3ccc([N+](=O)[O-])o3)[C@H]2SC1. The number of nitro groups is 1. The van der Waals surface area contributed by atoms with Gasteiger partial charge >= 0.3 is 17.8 Å². The van der Waals surface area contributed by atoms with Crippen molar-refractivity contribution in [3.05, 3.63) is 39.3 Å². The van der Waals surface area contributed by atoms with Crippen LogP contribution in [0.25, 0.3) is 0 Å². The molecular weight excluding hydrogens is 410 g/mol. The molecule has 0 bridgehead atoms. The van der Waals surface area contributed by atoms with Gasteiger partial charge in [0.1, 0.15) is 34.4 Å². The lowest BCUT2D eigenvalue weighted by Gasteiger charge is -2.49. The Balaban J connectivity index is 1.66. The van der Waals surface area contributed by atoms with Crippen molar-refractivity contribution in [3.8, 4) is 0 Å². The highest BCUT2D eigenvalue weighted by molar-refractivity contribution is 8.00. The number of furan rings is 1. The fourth-order valence-electron chi connectivity index (χ4n) is 2.93. The molecule has 12 nitrogen and oxygen atoms in total. The van der Waals surface area contributed by atoms with Crippen molar-refractivity contribution in [2.24, 2.45) is 0 Å². The number of carboxylic acid groups (broad SMARTS) is 1. The van der Waals surface area contributed by atoms with Gasteiger partial charge in [-0.2, -0.15) is 0 Å². The maximum absolute atomic E-state index is 12.5. The van der Waals surface area contributed by atoms with Gasteiger partial charge in [0.2, 0.25) is 5.91 Å². The quantitative estimate of drug-likeness (QED) is 0.263. The van der Waals surface area contributed by atoms with Gasteiger partial charge in [0.25, 0.3) is 5.91 Å². The highest BCUT2D eigenvalue weighted by Crippen LogP contribution is 2.40. The molecule has 0 unspecified atom stereocenters. The van der Waals surface area contributed by atoms with E-state index in [2.05, 4.69) is 5.32 Å². The molecular formula is C16H15N3O9S. The van der Waals surface area contributed by atoms with E-state index in [4.69, 9.17) is 9.15 Å². The van der Waals surface area contributed by atoms with Gasteiger partial charge in [0.15, 0.2) is 0 Å². The predicted octanol–water partition coefficient (Wildman–Crippen LogP) is 0.0320. The number of fused-ring (bicyclic) bond motifs is 1. The van der Waals surface area contributed by atoms with Crippen molar-refractivity contribution in [1.82, 2.24) is 10.2 Å². The van der Waals surface area contributed by atoms with Gasteiger partial charge in [0, 0.05) is 18.2 Å². The van der Waals surface area contributed by atoms with Crippen LogP contribution in [0.4, 0.5) is 5.88 Å². The van der Waals surface area contributed by atoms with E-state index >= 15 is 0 Å². The van der Waals surface area contributed by atoms with Crippen LogP contribution in [0, 0.1) is 10.1 Å². The Kier molecular flexibility index (Phi) is 5.59. The van der Waals surface area contributed by atoms with E-state index in [0.29, 0.717) is 0 Å². The van der Waals surface area contributed by atoms with E-state index in [1.54, 1.807) is 0 Å². The molecule has 1 saturated heterocycles. The van der Waals surface area contributed by atoms with E-state index in [1.807, 2.05) is 0 Å². The fraction of sp³-hybridized carbons (Fsp3) is 0.375. The number of carbonyl (C=O) groups is 4. The van der Waals surface area contributed by atoms with Crippen molar-refractivity contribution in [1.29, 1.82) is 0 Å². The molecule has 154 valence electrons. The van der Waals surface area contributed by atoms with E-state index < -0.39 is 46.0 Å². The number of hydrogen-bond donors (Lipinski definition) is 2. The van der Waals surface area contributed by atoms with E-state index in [1.165, 1.54) is 24.8 Å². The molecule has 3 heterocycles. The van der Waals surface area contributed by atoms with Crippen molar-refractivity contribution >= 4 is 41.4 Å². The topological polar surface area (TPSA) is 169 Å². The number of hydrogen-bond acceptors (Lipinski definition) is 9. The third-order valence-corrected chi connectivity index (χ3v) is 5.52. The van der Waals surface area contributed by atoms with Gasteiger partial charge in [-0.15, -0.1) is 11.8 Å². The summed E-state index contributed by atoms with van der Waals surface area (Å²) in [5.74, 6) is -3.36. The summed E-state index contributed by atoms with van der Waals surface area (Å²) in [6.45, 7) is 0.947. The highest BCUT2D eigenvalue weighted by Gasteiger charge is 2.54. The number of ether oxygens (including phenoxy) is 1. The maximum Gasteiger partial charge on any atom is 0.433 e. The largest absolute Gasteiger partial charge is 0.477 e. The molecule has 13 heteroatoms. The third kappa shape index (κ3) is 4.08. The molecule has 0 aromatic carbocycles. The van der Waals surface area contributed by atoms with Crippen molar-refractivity contribution < 1.29 is 38.4 Å². The van der Waals surface area contributed by atoms with Crippen LogP contribution in [0.1, 0.15) is 12.7 Å². The van der Waals surface area contributed by atoms with Crippen LogP contribution in [0.5, 0.6) is 0 Å². The van der Waals surface area contributed by atoms with Gasteiger partial charge in [-0.1, -0.05) is 0 Å². The number of aliphatic carboxylic acids is 1. The molecule has 1 aromatic heterocycles. The Morgan fingerprint density at radius 3 is 2.76 bits per heavy atom. The normalized spacial score (nSPS) is 20.6. The number of esters is 1. The summed E-state index contributed by atoms with van der Waals surface area (Å²) >= 11 is 1.23. The zero-order valence-electron chi connectivity index (χ0n) is 14.9. The first kappa shape index (κ1) is 20.4. The number of nitrogens with zero attached hydrogens (tertiary/aromatic N) is 2. The minimum absolute atomic E-state index is 0.0592. The molecule has 2 aliphatic rings. The number of carbonyl (C=O) groups excluding carboxylic acids is 3. The zero-order valence-corrected chi connectivity index (χ0v) is 15.8. The molecule has 0 aliphatic carbocycles. The van der Waals surface area contributed by atoms with E-state index in [9.17, 15) is 34.4 Å². The minimum atomic E-state index is -1.33. The molecule has 2 atom stereocenters. The smallest absolute Gasteiger partial charge is 0.433 e. The molecule has 0 saturated carbocycles. The Morgan fingerprint density at radius 1 is 1.45 bits per heavy atom. The van der Waals surface area contributed by atoms with Crippen LogP contribution in [-0.2, 0) is 30.3 Å². The summed E-state index contributed by atoms with van der Waals surface area (Å²) in [6, 6.07) is 1.46. The molecule has 29 heavy (non-hydrogen) atoms. The Morgan fingerprint density at radius 2 is 2.17 bits per heavy atom. The van der Waals surface area contributed by atoms with Crippen LogP contribution in [0.3, 0.4) is 0 Å². The van der Waals surface area contributed by atoms with Gasteiger partial charge in [-0.25, -0.2) is 4.79 Å². The number of β-lactam (4-membered cyclic amide) rings is 1. The second-order valence-electron chi connectivity index (χ2n) is 6.17. The molecule has 0 radical (unpaired) electrons. The van der Waals surface area contributed by atoms with E-state index in [0.717, 1.165) is 11.0 Å². The number of amides is 2. The second kappa shape index (κ2) is 7.95. The zero-order chi connectivity index (χ0) is 21.3. The summed E-state index contributed by atoms with van der Waals surface area (Å²) in [5, 5.41) is 22.0. The Labute approximate surface area is 167 Å².